The van der Waals surface area contributed by atoms with Gasteiger partial charge in [-0.2, -0.15) is 0 Å². The highest BCUT2D eigenvalue weighted by Crippen LogP contribution is 2.39. The van der Waals surface area contributed by atoms with Crippen molar-refractivity contribution in [2.75, 3.05) is 6.61 Å². The van der Waals surface area contributed by atoms with E-state index in [1.165, 1.54) is 19.3 Å². The first-order valence-electron chi connectivity index (χ1n) is 9.45. The van der Waals surface area contributed by atoms with Crippen LogP contribution in [0.4, 0.5) is 0 Å². The summed E-state index contributed by atoms with van der Waals surface area (Å²) in [7, 11) is 0. The molecule has 1 aliphatic rings. The third-order valence-corrected chi connectivity index (χ3v) is 5.29. The van der Waals surface area contributed by atoms with Crippen molar-refractivity contribution in [3.63, 3.8) is 0 Å². The molecule has 1 rings (SSSR count). The van der Waals surface area contributed by atoms with E-state index in [4.69, 9.17) is 4.74 Å². The molecule has 0 radical (unpaired) electrons. The van der Waals surface area contributed by atoms with Gasteiger partial charge in [-0.15, -0.1) is 0 Å². The van der Waals surface area contributed by atoms with Crippen molar-refractivity contribution >= 4 is 0 Å². The molecule has 0 aromatic heterocycles. The molecular weight excluding hydrogens is 312 g/mol. The first-order valence-corrected chi connectivity index (χ1v) is 9.45. The van der Waals surface area contributed by atoms with Gasteiger partial charge in [0.1, 0.15) is 23.9 Å². The molecule has 0 aromatic rings. The van der Waals surface area contributed by atoms with E-state index >= 15 is 0 Å². The fraction of sp³-hybridized carbons (Fsp3) is 1.00. The van der Waals surface area contributed by atoms with Gasteiger partial charge in [-0.3, -0.25) is 0 Å². The molecule has 0 aliphatic carbocycles. The van der Waals surface area contributed by atoms with Crippen molar-refractivity contribution < 1.29 is 30.3 Å². The van der Waals surface area contributed by atoms with E-state index in [-0.39, 0.29) is 5.92 Å². The molecule has 0 saturated carbocycles. The lowest BCUT2D eigenvalue weighted by molar-refractivity contribution is -0.341. The molecule has 6 heteroatoms. The molecule has 144 valence electrons. The summed E-state index contributed by atoms with van der Waals surface area (Å²) in [4.78, 5) is 0. The zero-order valence-electron chi connectivity index (χ0n) is 15.1. The van der Waals surface area contributed by atoms with E-state index in [0.717, 1.165) is 32.1 Å². The maximum atomic E-state index is 10.4. The maximum Gasteiger partial charge on any atom is 0.184 e. The van der Waals surface area contributed by atoms with Gasteiger partial charge < -0.3 is 30.3 Å². The van der Waals surface area contributed by atoms with Crippen LogP contribution >= 0.6 is 0 Å². The van der Waals surface area contributed by atoms with Crippen molar-refractivity contribution in [1.29, 1.82) is 0 Å². The Kier molecular flexibility index (Phi) is 9.71. The minimum Gasteiger partial charge on any atom is -0.393 e. The van der Waals surface area contributed by atoms with Gasteiger partial charge >= 0.3 is 0 Å². The lowest BCUT2D eigenvalue weighted by Gasteiger charge is -2.50. The summed E-state index contributed by atoms with van der Waals surface area (Å²) in [5, 5.41) is 49.9. The van der Waals surface area contributed by atoms with Gasteiger partial charge in [0, 0.05) is 0 Å². The smallest absolute Gasteiger partial charge is 0.184 e. The standard InChI is InChI=1S/C18H36O6/c1-3-5-6-7-8-9-11-13(10-4-2)18(12-19)16(22)14(20)15(21)17(23)24-18/h13-17,19-23H,3-12H2,1-2H3/t13?,14-,15-,16+,17?,18+/m1/s1. The first-order chi connectivity index (χ1) is 11.4. The molecule has 0 spiro atoms. The molecule has 6 nitrogen and oxygen atoms in total. The van der Waals surface area contributed by atoms with E-state index in [0.29, 0.717) is 6.42 Å². The summed E-state index contributed by atoms with van der Waals surface area (Å²) in [5.41, 5.74) is -1.43. The Labute approximate surface area is 145 Å². The van der Waals surface area contributed by atoms with Crippen molar-refractivity contribution in [2.24, 2.45) is 5.92 Å². The summed E-state index contributed by atoms with van der Waals surface area (Å²) in [5.74, 6) is -0.189. The number of unbranched alkanes of at least 4 members (excludes halogenated alkanes) is 5. The second-order valence-electron chi connectivity index (χ2n) is 7.09. The van der Waals surface area contributed by atoms with Crippen LogP contribution in [0.1, 0.15) is 71.6 Å². The van der Waals surface area contributed by atoms with Gasteiger partial charge in [0.25, 0.3) is 0 Å². The van der Waals surface area contributed by atoms with Gasteiger partial charge in [0.2, 0.25) is 0 Å². The van der Waals surface area contributed by atoms with Gasteiger partial charge in [0.05, 0.1) is 6.61 Å². The zero-order valence-corrected chi connectivity index (χ0v) is 15.1. The molecular formula is C18H36O6. The Balaban J connectivity index is 2.74. The van der Waals surface area contributed by atoms with Crippen molar-refractivity contribution in [2.45, 2.75) is 102 Å². The van der Waals surface area contributed by atoms with Crippen LogP contribution in [0.15, 0.2) is 0 Å². The number of hydrogen-bond acceptors (Lipinski definition) is 6. The number of aliphatic hydroxyl groups excluding tert-OH is 5. The minimum atomic E-state index is -1.61. The predicted octanol–water partition coefficient (Wildman–Crippen LogP) is 1.32. The minimum absolute atomic E-state index is 0.189. The SMILES string of the molecule is CCCCCCCCC(CCC)[C@]1(CO)OC(O)[C@H](O)[C@@H](O)[C@@H]1O. The molecule has 1 heterocycles. The lowest BCUT2D eigenvalue weighted by atomic mass is 9.73. The molecule has 1 aliphatic heterocycles. The molecule has 1 fully saturated rings. The van der Waals surface area contributed by atoms with Crippen LogP contribution in [0.2, 0.25) is 0 Å². The molecule has 0 aromatic carbocycles. The summed E-state index contributed by atoms with van der Waals surface area (Å²) >= 11 is 0. The summed E-state index contributed by atoms with van der Waals surface area (Å²) in [6.07, 6.45) is 2.96. The van der Waals surface area contributed by atoms with E-state index in [1.54, 1.807) is 0 Å². The fourth-order valence-electron chi connectivity index (χ4n) is 3.76. The summed E-state index contributed by atoms with van der Waals surface area (Å²) < 4.78 is 5.47. The highest BCUT2D eigenvalue weighted by Gasteiger charge is 2.56. The van der Waals surface area contributed by atoms with E-state index in [2.05, 4.69) is 6.92 Å². The number of ether oxygens (including phenoxy) is 1. The van der Waals surface area contributed by atoms with Crippen LogP contribution in [0.25, 0.3) is 0 Å². The largest absolute Gasteiger partial charge is 0.393 e. The van der Waals surface area contributed by atoms with E-state index in [1.807, 2.05) is 6.92 Å². The summed E-state index contributed by atoms with van der Waals surface area (Å²) in [6, 6.07) is 0. The Morgan fingerprint density at radius 1 is 0.833 bits per heavy atom. The monoisotopic (exact) mass is 348 g/mol. The van der Waals surface area contributed by atoms with Gasteiger partial charge in [-0.05, 0) is 18.8 Å². The van der Waals surface area contributed by atoms with Crippen molar-refractivity contribution in [3.8, 4) is 0 Å². The predicted molar refractivity (Wildman–Crippen MR) is 91.3 cm³/mol. The maximum absolute atomic E-state index is 10.4. The third kappa shape index (κ3) is 5.13. The van der Waals surface area contributed by atoms with Crippen LogP contribution < -0.4 is 0 Å². The zero-order chi connectivity index (χ0) is 18.2. The van der Waals surface area contributed by atoms with Crippen LogP contribution in [0.3, 0.4) is 0 Å². The van der Waals surface area contributed by atoms with Gasteiger partial charge in [-0.1, -0.05) is 58.8 Å². The van der Waals surface area contributed by atoms with E-state index < -0.39 is 36.8 Å². The molecule has 2 unspecified atom stereocenters. The highest BCUT2D eigenvalue weighted by molar-refractivity contribution is 5.03. The molecule has 1 saturated heterocycles. The van der Waals surface area contributed by atoms with Crippen molar-refractivity contribution in [1.82, 2.24) is 0 Å². The van der Waals surface area contributed by atoms with Crippen LogP contribution in [0, 0.1) is 5.92 Å². The quantitative estimate of drug-likeness (QED) is 0.360. The summed E-state index contributed by atoms with van der Waals surface area (Å²) in [6.45, 7) is 3.68. The van der Waals surface area contributed by atoms with Crippen LogP contribution in [-0.4, -0.2) is 62.3 Å². The Morgan fingerprint density at radius 3 is 2.04 bits per heavy atom. The number of rotatable bonds is 11. The normalized spacial score (nSPS) is 35.1. The second kappa shape index (κ2) is 10.7. The Bertz CT molecular complexity index is 339. The average molecular weight is 348 g/mol. The lowest BCUT2D eigenvalue weighted by Crippen LogP contribution is -2.68. The Morgan fingerprint density at radius 2 is 1.46 bits per heavy atom. The number of hydrogen-bond donors (Lipinski definition) is 5. The third-order valence-electron chi connectivity index (χ3n) is 5.29. The Hall–Kier alpha value is -0.240. The van der Waals surface area contributed by atoms with Gasteiger partial charge in [-0.25, -0.2) is 0 Å². The first kappa shape index (κ1) is 21.8. The van der Waals surface area contributed by atoms with Crippen LogP contribution in [0.5, 0.6) is 0 Å². The highest BCUT2D eigenvalue weighted by atomic mass is 16.7. The fourth-order valence-corrected chi connectivity index (χ4v) is 3.76. The molecule has 6 atom stereocenters. The molecule has 24 heavy (non-hydrogen) atoms. The van der Waals surface area contributed by atoms with Gasteiger partial charge in [0.15, 0.2) is 6.29 Å². The second-order valence-corrected chi connectivity index (χ2v) is 7.09. The van der Waals surface area contributed by atoms with Crippen LogP contribution in [-0.2, 0) is 4.74 Å². The molecule has 0 bridgehead atoms. The van der Waals surface area contributed by atoms with Crippen molar-refractivity contribution in [3.05, 3.63) is 0 Å². The molecule has 0 amide bonds. The molecule has 5 N–H and O–H groups in total. The topological polar surface area (TPSA) is 110 Å². The number of aliphatic hydroxyl groups is 5. The average Bonchev–Trinajstić information content (AvgIpc) is 2.58. The van der Waals surface area contributed by atoms with E-state index in [9.17, 15) is 25.5 Å².